The summed E-state index contributed by atoms with van der Waals surface area (Å²) in [6.07, 6.45) is 0. The number of nitrogens with zero attached hydrogens (tertiary/aromatic N) is 3. The molecule has 3 aromatic carbocycles. The molecular weight excluding hydrogens is 460 g/mol. The molecule has 0 unspecified atom stereocenters. The van der Waals surface area contributed by atoms with Crippen LogP contribution in [0.4, 0.5) is 0 Å². The van der Waals surface area contributed by atoms with Crippen molar-refractivity contribution in [1.29, 1.82) is 0 Å². The lowest BCUT2D eigenvalue weighted by atomic mass is 10.2. The van der Waals surface area contributed by atoms with Crippen LogP contribution in [0.15, 0.2) is 84.9 Å². The van der Waals surface area contributed by atoms with E-state index in [0.717, 1.165) is 11.3 Å². The van der Waals surface area contributed by atoms with Gasteiger partial charge in [-0.05, 0) is 31.2 Å². The van der Waals surface area contributed by atoms with E-state index in [1.165, 1.54) is 0 Å². The van der Waals surface area contributed by atoms with Gasteiger partial charge >= 0.3 is 5.91 Å². The minimum atomic E-state index is -0.705. The third-order valence-corrected chi connectivity index (χ3v) is 5.00. The smallest absolute Gasteiger partial charge is 0.309 e. The molecule has 3 N–H and O–H groups in total. The average Bonchev–Trinajstić information content (AvgIpc) is 3.38. The number of ether oxygens (including phenoxy) is 1. The maximum Gasteiger partial charge on any atom is 0.309 e. The van der Waals surface area contributed by atoms with Gasteiger partial charge in [0.05, 0.1) is 24.4 Å². The highest BCUT2D eigenvalue weighted by atomic mass is 16.5. The minimum Gasteiger partial charge on any atom is -0.493 e. The lowest BCUT2D eigenvalue weighted by molar-refractivity contribution is -0.120. The minimum absolute atomic E-state index is 0.132. The monoisotopic (exact) mass is 484 g/mol. The molecule has 1 heterocycles. The van der Waals surface area contributed by atoms with Gasteiger partial charge in [0.25, 0.3) is 11.8 Å². The number of aromatic nitrogens is 3. The molecule has 36 heavy (non-hydrogen) atoms. The quantitative estimate of drug-likeness (QED) is 0.330. The van der Waals surface area contributed by atoms with E-state index in [-0.39, 0.29) is 12.4 Å². The third-order valence-electron chi connectivity index (χ3n) is 5.00. The van der Waals surface area contributed by atoms with E-state index >= 15 is 0 Å². The van der Waals surface area contributed by atoms with Crippen LogP contribution in [-0.2, 0) is 4.79 Å². The number of rotatable bonds is 8. The Balaban J connectivity index is 1.40. The average molecular weight is 485 g/mol. The molecule has 0 atom stereocenters. The van der Waals surface area contributed by atoms with Crippen LogP contribution >= 0.6 is 0 Å². The van der Waals surface area contributed by atoms with Gasteiger partial charge in [-0.2, -0.15) is 0 Å². The predicted octanol–water partition coefficient (Wildman–Crippen LogP) is 2.52. The number of nitrogens with one attached hydrogen (secondary N) is 3. The van der Waals surface area contributed by atoms with Gasteiger partial charge < -0.3 is 10.1 Å². The van der Waals surface area contributed by atoms with Crippen molar-refractivity contribution in [2.24, 2.45) is 0 Å². The molecule has 182 valence electrons. The maximum atomic E-state index is 12.7. The van der Waals surface area contributed by atoms with Crippen LogP contribution in [0.2, 0.25) is 0 Å². The van der Waals surface area contributed by atoms with Crippen LogP contribution in [0.3, 0.4) is 0 Å². The first-order chi connectivity index (χ1) is 17.6. The SMILES string of the molecule is CCOc1ccccc1C(=O)NCC(=O)NNC(=O)c1nc(-c2ccccc2)n(-c2ccccc2)n1. The first kappa shape index (κ1) is 24.1. The fourth-order valence-electron chi connectivity index (χ4n) is 3.35. The van der Waals surface area contributed by atoms with Crippen molar-refractivity contribution in [3.63, 3.8) is 0 Å². The summed E-state index contributed by atoms with van der Waals surface area (Å²) in [5.74, 6) is -1.05. The fraction of sp³-hybridized carbons (Fsp3) is 0.115. The third kappa shape index (κ3) is 5.73. The highest BCUT2D eigenvalue weighted by Crippen LogP contribution is 2.21. The molecular formula is C26H24N6O4. The standard InChI is InChI=1S/C26H24N6O4/c1-2-36-21-16-10-9-15-20(21)25(34)27-17-22(33)29-30-26(35)23-28-24(18-11-5-3-6-12-18)32(31-23)19-13-7-4-8-14-19/h3-16H,2,17H2,1H3,(H,27,34)(H,29,33)(H,30,35). The summed E-state index contributed by atoms with van der Waals surface area (Å²) < 4.78 is 6.99. The number of carbonyl (C=O) groups excluding carboxylic acids is 3. The van der Waals surface area contributed by atoms with E-state index in [1.807, 2.05) is 67.6 Å². The number of para-hydroxylation sites is 2. The van der Waals surface area contributed by atoms with E-state index in [2.05, 4.69) is 26.3 Å². The van der Waals surface area contributed by atoms with Crippen molar-refractivity contribution in [3.05, 3.63) is 96.3 Å². The number of hydrazine groups is 1. The summed E-state index contributed by atoms with van der Waals surface area (Å²) in [6.45, 7) is 1.85. The number of carbonyl (C=O) groups is 3. The van der Waals surface area contributed by atoms with Crippen LogP contribution in [-0.4, -0.2) is 45.6 Å². The van der Waals surface area contributed by atoms with Crippen LogP contribution in [0.25, 0.3) is 17.1 Å². The van der Waals surface area contributed by atoms with E-state index in [0.29, 0.717) is 23.7 Å². The molecule has 4 aromatic rings. The van der Waals surface area contributed by atoms with Crippen molar-refractivity contribution >= 4 is 17.7 Å². The molecule has 10 heteroatoms. The van der Waals surface area contributed by atoms with Gasteiger partial charge in [0.15, 0.2) is 5.82 Å². The zero-order chi connectivity index (χ0) is 25.3. The van der Waals surface area contributed by atoms with Crippen LogP contribution in [0.5, 0.6) is 5.75 Å². The Labute approximate surface area is 207 Å². The Morgan fingerprint density at radius 3 is 2.22 bits per heavy atom. The van der Waals surface area contributed by atoms with E-state index in [1.54, 1.807) is 28.9 Å². The van der Waals surface area contributed by atoms with Crippen molar-refractivity contribution < 1.29 is 19.1 Å². The van der Waals surface area contributed by atoms with Crippen molar-refractivity contribution in [2.75, 3.05) is 13.2 Å². The lowest BCUT2D eigenvalue weighted by Crippen LogP contribution is -2.46. The molecule has 0 radical (unpaired) electrons. The Morgan fingerprint density at radius 2 is 1.50 bits per heavy atom. The summed E-state index contributed by atoms with van der Waals surface area (Å²) in [5.41, 5.74) is 6.35. The van der Waals surface area contributed by atoms with Gasteiger partial charge in [0.2, 0.25) is 5.82 Å². The lowest BCUT2D eigenvalue weighted by Gasteiger charge is -2.10. The molecule has 0 aliphatic carbocycles. The first-order valence-electron chi connectivity index (χ1n) is 11.2. The molecule has 4 rings (SSSR count). The van der Waals surface area contributed by atoms with Gasteiger partial charge in [0, 0.05) is 5.56 Å². The van der Waals surface area contributed by atoms with Gasteiger partial charge in [-0.15, -0.1) is 5.10 Å². The molecule has 0 fully saturated rings. The zero-order valence-corrected chi connectivity index (χ0v) is 19.5. The number of hydrogen-bond donors (Lipinski definition) is 3. The molecule has 0 aliphatic heterocycles. The van der Waals surface area contributed by atoms with Gasteiger partial charge in [-0.3, -0.25) is 25.2 Å². The van der Waals surface area contributed by atoms with Crippen molar-refractivity contribution in [3.8, 4) is 22.8 Å². The molecule has 0 saturated heterocycles. The molecule has 0 saturated carbocycles. The van der Waals surface area contributed by atoms with Crippen LogP contribution < -0.4 is 20.9 Å². The zero-order valence-electron chi connectivity index (χ0n) is 19.5. The number of amides is 3. The summed E-state index contributed by atoms with van der Waals surface area (Å²) in [6, 6.07) is 25.3. The van der Waals surface area contributed by atoms with Crippen molar-refractivity contribution in [1.82, 2.24) is 30.9 Å². The van der Waals surface area contributed by atoms with Crippen molar-refractivity contribution in [2.45, 2.75) is 6.92 Å². The summed E-state index contributed by atoms with van der Waals surface area (Å²) in [4.78, 5) is 41.7. The Bertz CT molecular complexity index is 1300. The Kier molecular flexibility index (Phi) is 7.66. The highest BCUT2D eigenvalue weighted by Gasteiger charge is 2.19. The topological polar surface area (TPSA) is 127 Å². The maximum absolute atomic E-state index is 12.7. The molecule has 0 aliphatic rings. The largest absolute Gasteiger partial charge is 0.493 e. The molecule has 10 nitrogen and oxygen atoms in total. The second-order valence-corrected chi connectivity index (χ2v) is 7.49. The summed E-state index contributed by atoms with van der Waals surface area (Å²) in [7, 11) is 0. The van der Waals surface area contributed by atoms with E-state index in [4.69, 9.17) is 4.74 Å². The molecule has 3 amide bonds. The molecule has 0 bridgehead atoms. The van der Waals surface area contributed by atoms with E-state index < -0.39 is 17.7 Å². The molecule has 1 aromatic heterocycles. The normalized spacial score (nSPS) is 10.4. The summed E-state index contributed by atoms with van der Waals surface area (Å²) in [5, 5.41) is 6.83. The van der Waals surface area contributed by atoms with Gasteiger partial charge in [0.1, 0.15) is 5.75 Å². The highest BCUT2D eigenvalue weighted by molar-refractivity contribution is 5.99. The summed E-state index contributed by atoms with van der Waals surface area (Å²) >= 11 is 0. The first-order valence-corrected chi connectivity index (χ1v) is 11.2. The Hall–Kier alpha value is -4.99. The molecule has 0 spiro atoms. The van der Waals surface area contributed by atoms with Crippen LogP contribution in [0.1, 0.15) is 27.9 Å². The van der Waals surface area contributed by atoms with Gasteiger partial charge in [-0.25, -0.2) is 9.67 Å². The Morgan fingerprint density at radius 1 is 0.833 bits per heavy atom. The van der Waals surface area contributed by atoms with Gasteiger partial charge in [-0.1, -0.05) is 60.7 Å². The van der Waals surface area contributed by atoms with E-state index in [9.17, 15) is 14.4 Å². The second-order valence-electron chi connectivity index (χ2n) is 7.49. The number of hydrogen-bond acceptors (Lipinski definition) is 6. The number of benzene rings is 3. The fourth-order valence-corrected chi connectivity index (χ4v) is 3.35. The predicted molar refractivity (Wildman–Crippen MR) is 132 cm³/mol. The van der Waals surface area contributed by atoms with Crippen LogP contribution in [0, 0.1) is 0 Å². The second kappa shape index (κ2) is 11.4.